The summed E-state index contributed by atoms with van der Waals surface area (Å²) in [6.45, 7) is 4.98. The molecule has 0 aromatic carbocycles. The van der Waals surface area contributed by atoms with Gasteiger partial charge in [0.05, 0.1) is 25.4 Å². The van der Waals surface area contributed by atoms with Crippen molar-refractivity contribution in [1.82, 2.24) is 5.32 Å². The minimum absolute atomic E-state index is 0.00764. The molecule has 0 fully saturated rings. The van der Waals surface area contributed by atoms with Gasteiger partial charge in [-0.1, -0.05) is 365 Å². The maximum absolute atomic E-state index is 12.6. The van der Waals surface area contributed by atoms with Gasteiger partial charge >= 0.3 is 5.97 Å². The van der Waals surface area contributed by atoms with Crippen molar-refractivity contribution in [3.63, 3.8) is 0 Å². The first kappa shape index (κ1) is 82.1. The third-order valence-corrected chi connectivity index (χ3v) is 17.9. The Morgan fingerprint density at radius 1 is 0.333 bits per heavy atom. The second-order valence-corrected chi connectivity index (χ2v) is 26.3. The average molecular weight is 1180 g/mol. The fraction of sp³-hybridized carbons (Fsp3) is 0.897. The number of carbonyl (C=O) groups excluding carboxylic acids is 2. The number of nitrogens with one attached hydrogen (secondary N) is 1. The molecule has 0 radical (unpaired) electrons. The zero-order chi connectivity index (χ0) is 60.6. The fourth-order valence-electron chi connectivity index (χ4n) is 12.1. The van der Waals surface area contributed by atoms with Gasteiger partial charge in [-0.3, -0.25) is 9.59 Å². The molecule has 0 aliphatic heterocycles. The molecule has 0 aromatic heterocycles. The molecule has 0 aromatic rings. The quantitative estimate of drug-likeness (QED) is 0.0320. The molecule has 6 nitrogen and oxygen atoms in total. The maximum Gasteiger partial charge on any atom is 0.305 e. The highest BCUT2D eigenvalue weighted by Gasteiger charge is 2.20. The van der Waals surface area contributed by atoms with Gasteiger partial charge in [0.15, 0.2) is 0 Å². The van der Waals surface area contributed by atoms with Crippen molar-refractivity contribution in [3.8, 4) is 0 Å². The van der Waals surface area contributed by atoms with Crippen LogP contribution in [0.2, 0.25) is 0 Å². The molecule has 0 saturated carbocycles. The van der Waals surface area contributed by atoms with E-state index in [-0.39, 0.29) is 18.5 Å². The van der Waals surface area contributed by atoms with Gasteiger partial charge < -0.3 is 20.3 Å². The standard InChI is InChI=1S/C78H149NO5/c1-3-5-7-9-11-13-15-17-19-21-23-24-25-26-28-31-35-38-42-46-50-54-58-62-66-70-76(81)75(74-80)79-77(82)71-67-63-59-55-51-47-43-39-36-32-29-27-30-33-37-41-45-49-53-57-61-65-69-73-84-78(83)72-68-64-60-56-52-48-44-40-34-22-20-18-16-14-12-10-8-6-4-2/h18,20,27,30,32,36,75-76,80-81H,3-17,19,21-26,28-29,31,33-35,37-74H2,1-2H3,(H,79,82)/b20-18-,30-27-,36-32-. The van der Waals surface area contributed by atoms with Crippen LogP contribution in [-0.2, 0) is 14.3 Å². The summed E-state index contributed by atoms with van der Waals surface area (Å²) < 4.78 is 5.51. The summed E-state index contributed by atoms with van der Waals surface area (Å²) in [6.07, 6.45) is 94.9. The van der Waals surface area contributed by atoms with Crippen LogP contribution in [0.5, 0.6) is 0 Å². The number of ether oxygens (including phenoxy) is 1. The third-order valence-electron chi connectivity index (χ3n) is 17.9. The van der Waals surface area contributed by atoms with E-state index in [4.69, 9.17) is 4.74 Å². The molecule has 0 spiro atoms. The van der Waals surface area contributed by atoms with Gasteiger partial charge in [-0.15, -0.1) is 0 Å². The molecular weight excluding hydrogens is 1030 g/mol. The number of esters is 1. The predicted molar refractivity (Wildman–Crippen MR) is 370 cm³/mol. The van der Waals surface area contributed by atoms with Gasteiger partial charge in [0.2, 0.25) is 5.91 Å². The molecule has 2 atom stereocenters. The molecule has 0 aliphatic rings. The van der Waals surface area contributed by atoms with Gasteiger partial charge in [-0.05, 0) is 83.5 Å². The van der Waals surface area contributed by atoms with Crippen LogP contribution >= 0.6 is 0 Å². The molecule has 0 aliphatic carbocycles. The van der Waals surface area contributed by atoms with Gasteiger partial charge in [0.25, 0.3) is 0 Å². The smallest absolute Gasteiger partial charge is 0.305 e. The first-order valence-corrected chi connectivity index (χ1v) is 38.2. The largest absolute Gasteiger partial charge is 0.466 e. The Morgan fingerprint density at radius 2 is 0.595 bits per heavy atom. The summed E-state index contributed by atoms with van der Waals surface area (Å²) in [6, 6.07) is -0.551. The van der Waals surface area contributed by atoms with Crippen LogP contribution in [0.15, 0.2) is 36.5 Å². The third kappa shape index (κ3) is 69.2. The van der Waals surface area contributed by atoms with Crippen molar-refractivity contribution < 1.29 is 24.5 Å². The zero-order valence-electron chi connectivity index (χ0n) is 56.9. The number of carbonyl (C=O) groups is 2. The summed E-state index contributed by atoms with van der Waals surface area (Å²) in [5.41, 5.74) is 0. The molecular formula is C78H149NO5. The average Bonchev–Trinajstić information content (AvgIpc) is 3.51. The molecule has 3 N–H and O–H groups in total. The minimum atomic E-state index is -0.673. The van der Waals surface area contributed by atoms with E-state index in [1.165, 1.54) is 334 Å². The predicted octanol–water partition coefficient (Wildman–Crippen LogP) is 25.0. The van der Waals surface area contributed by atoms with Crippen molar-refractivity contribution >= 4 is 11.9 Å². The van der Waals surface area contributed by atoms with Crippen LogP contribution in [0.3, 0.4) is 0 Å². The Balaban J connectivity index is 3.43. The van der Waals surface area contributed by atoms with Gasteiger partial charge in [-0.2, -0.15) is 0 Å². The van der Waals surface area contributed by atoms with Crippen LogP contribution in [0, 0.1) is 0 Å². The van der Waals surface area contributed by atoms with Crippen LogP contribution < -0.4 is 5.32 Å². The molecule has 2 unspecified atom stereocenters. The summed E-state index contributed by atoms with van der Waals surface area (Å²) in [4.78, 5) is 24.7. The Kier molecular flexibility index (Phi) is 71.9. The van der Waals surface area contributed by atoms with E-state index in [1.807, 2.05) is 0 Å². The lowest BCUT2D eigenvalue weighted by atomic mass is 10.0. The highest BCUT2D eigenvalue weighted by atomic mass is 16.5. The number of allylic oxidation sites excluding steroid dienone is 6. The number of aliphatic hydroxyl groups excluding tert-OH is 2. The summed E-state index contributed by atoms with van der Waals surface area (Å²) in [7, 11) is 0. The first-order valence-electron chi connectivity index (χ1n) is 38.2. The maximum atomic E-state index is 12.6. The lowest BCUT2D eigenvalue weighted by Crippen LogP contribution is -2.45. The molecule has 1 amide bonds. The Labute approximate surface area is 525 Å². The molecule has 0 heterocycles. The monoisotopic (exact) mass is 1180 g/mol. The van der Waals surface area contributed by atoms with E-state index < -0.39 is 12.1 Å². The Hall–Kier alpha value is -1.92. The number of amides is 1. The normalized spacial score (nSPS) is 12.7. The van der Waals surface area contributed by atoms with Crippen LogP contribution in [-0.4, -0.2) is 47.4 Å². The molecule has 496 valence electrons. The summed E-state index contributed by atoms with van der Waals surface area (Å²) in [5.74, 6) is -0.0330. The summed E-state index contributed by atoms with van der Waals surface area (Å²) in [5, 5.41) is 23.5. The van der Waals surface area contributed by atoms with Crippen molar-refractivity contribution in [2.24, 2.45) is 0 Å². The fourth-order valence-corrected chi connectivity index (χ4v) is 12.1. The summed E-state index contributed by atoms with van der Waals surface area (Å²) >= 11 is 0. The van der Waals surface area contributed by atoms with Crippen molar-refractivity contribution in [3.05, 3.63) is 36.5 Å². The lowest BCUT2D eigenvalue weighted by molar-refractivity contribution is -0.143. The van der Waals surface area contributed by atoms with E-state index >= 15 is 0 Å². The van der Waals surface area contributed by atoms with Crippen molar-refractivity contribution in [1.29, 1.82) is 0 Å². The van der Waals surface area contributed by atoms with Gasteiger partial charge in [0, 0.05) is 12.8 Å². The molecule has 0 rings (SSSR count). The number of hydrogen-bond acceptors (Lipinski definition) is 5. The number of rotatable bonds is 72. The number of hydrogen-bond donors (Lipinski definition) is 3. The molecule has 84 heavy (non-hydrogen) atoms. The molecule has 0 bridgehead atoms. The second kappa shape index (κ2) is 73.5. The number of unbranched alkanes of at least 4 members (excludes halogenated alkanes) is 55. The Bertz CT molecular complexity index is 1360. The van der Waals surface area contributed by atoms with E-state index in [9.17, 15) is 19.8 Å². The highest BCUT2D eigenvalue weighted by Crippen LogP contribution is 2.19. The highest BCUT2D eigenvalue weighted by molar-refractivity contribution is 5.76. The lowest BCUT2D eigenvalue weighted by Gasteiger charge is -2.22. The van der Waals surface area contributed by atoms with E-state index in [0.29, 0.717) is 25.9 Å². The minimum Gasteiger partial charge on any atom is -0.466 e. The second-order valence-electron chi connectivity index (χ2n) is 26.3. The number of aliphatic hydroxyl groups is 2. The Morgan fingerprint density at radius 3 is 0.917 bits per heavy atom. The van der Waals surface area contributed by atoms with E-state index in [2.05, 4.69) is 55.6 Å². The van der Waals surface area contributed by atoms with Gasteiger partial charge in [-0.25, -0.2) is 0 Å². The topological polar surface area (TPSA) is 95.9 Å². The van der Waals surface area contributed by atoms with E-state index in [1.54, 1.807) is 0 Å². The van der Waals surface area contributed by atoms with E-state index in [0.717, 1.165) is 57.8 Å². The van der Waals surface area contributed by atoms with Gasteiger partial charge in [0.1, 0.15) is 0 Å². The van der Waals surface area contributed by atoms with Crippen molar-refractivity contribution in [2.45, 2.75) is 437 Å². The van der Waals surface area contributed by atoms with Crippen LogP contribution in [0.25, 0.3) is 0 Å². The molecule has 0 saturated heterocycles. The molecule has 6 heteroatoms. The van der Waals surface area contributed by atoms with Crippen LogP contribution in [0.1, 0.15) is 425 Å². The first-order chi connectivity index (χ1) is 41.5. The SMILES string of the molecule is CCCCCCCC/C=C\CCCCCCCCCCCC(=O)OCCCCCCCCCCC/C=C\C/C=C\CCCCCCCCCC(=O)NC(CO)C(O)CCCCCCCCCCCCCCCCCCCCCCCCCCC. The zero-order valence-corrected chi connectivity index (χ0v) is 56.9. The van der Waals surface area contributed by atoms with Crippen LogP contribution in [0.4, 0.5) is 0 Å². The van der Waals surface area contributed by atoms with Crippen molar-refractivity contribution in [2.75, 3.05) is 13.2 Å².